The maximum absolute atomic E-state index is 13.5. The number of alkyl halides is 3. The number of hydrogen-bond acceptors (Lipinski definition) is 6. The molecule has 0 unspecified atom stereocenters. The Balaban J connectivity index is 1.38. The van der Waals surface area contributed by atoms with Gasteiger partial charge in [0.15, 0.2) is 11.3 Å². The van der Waals surface area contributed by atoms with Crippen LogP contribution in [0.2, 0.25) is 0 Å². The molecule has 0 aliphatic heterocycles. The summed E-state index contributed by atoms with van der Waals surface area (Å²) in [4.78, 5) is 6.19. The molecule has 2 saturated carbocycles. The first-order valence-electron chi connectivity index (χ1n) is 13.4. The molecule has 0 spiro atoms. The number of benzene rings is 1. The van der Waals surface area contributed by atoms with Gasteiger partial charge in [-0.3, -0.25) is 9.30 Å². The molecule has 12 heteroatoms. The predicted octanol–water partition coefficient (Wildman–Crippen LogP) is 5.17. The van der Waals surface area contributed by atoms with Crippen LogP contribution in [0.4, 0.5) is 13.2 Å². The minimum absolute atomic E-state index is 0.104. The molecule has 0 saturated heterocycles. The van der Waals surface area contributed by atoms with Gasteiger partial charge in [0.05, 0.1) is 23.2 Å². The third kappa shape index (κ3) is 4.93. The van der Waals surface area contributed by atoms with Crippen molar-refractivity contribution in [2.45, 2.75) is 69.0 Å². The van der Waals surface area contributed by atoms with Crippen LogP contribution in [0.5, 0.6) is 0 Å². The lowest BCUT2D eigenvalue weighted by molar-refractivity contribution is -0.151. The Labute approximate surface area is 224 Å². The molecule has 3 atom stereocenters. The molecule has 2 fully saturated rings. The van der Waals surface area contributed by atoms with Gasteiger partial charge in [0.25, 0.3) is 10.0 Å². The van der Waals surface area contributed by atoms with Crippen molar-refractivity contribution in [3.05, 3.63) is 54.1 Å². The Bertz CT molecular complexity index is 1610. The largest absolute Gasteiger partial charge is 0.401 e. The van der Waals surface area contributed by atoms with Gasteiger partial charge in [0.2, 0.25) is 0 Å². The quantitative estimate of drug-likeness (QED) is 0.296. The molecule has 2 aliphatic carbocycles. The first kappa shape index (κ1) is 26.2. The number of fused-ring (bicyclic) bond motifs is 3. The Hall–Kier alpha value is -2.99. The molecule has 0 radical (unpaired) electrons. The SMILES string of the molecule is CC[C@@H]1C[C@H](N(CC2CC2)CC(F)(F)F)C[C@@H]1c1nnc2cnc3c(ccn3S(=O)(=O)c3ccc(C)cc3)n12. The van der Waals surface area contributed by atoms with Gasteiger partial charge in [-0.2, -0.15) is 13.2 Å². The number of hydrogen-bond donors (Lipinski definition) is 0. The van der Waals surface area contributed by atoms with Crippen molar-refractivity contribution in [1.82, 2.24) is 28.5 Å². The fourth-order valence-electron chi connectivity index (χ4n) is 6.08. The molecule has 208 valence electrons. The number of rotatable bonds is 8. The molecule has 1 aromatic carbocycles. The monoisotopic (exact) mass is 560 g/mol. The van der Waals surface area contributed by atoms with E-state index in [1.165, 1.54) is 12.4 Å². The van der Waals surface area contributed by atoms with Gasteiger partial charge in [-0.05, 0) is 62.6 Å². The van der Waals surface area contributed by atoms with Gasteiger partial charge in [-0.1, -0.05) is 31.0 Å². The summed E-state index contributed by atoms with van der Waals surface area (Å²) in [5.74, 6) is 1.03. The number of aromatic nitrogens is 5. The Kier molecular flexibility index (Phi) is 6.45. The minimum atomic E-state index is -4.25. The maximum atomic E-state index is 13.5. The molecule has 39 heavy (non-hydrogen) atoms. The van der Waals surface area contributed by atoms with E-state index < -0.39 is 22.7 Å². The second-order valence-electron chi connectivity index (χ2n) is 11.0. The zero-order chi connectivity index (χ0) is 27.5. The van der Waals surface area contributed by atoms with Gasteiger partial charge >= 0.3 is 6.18 Å². The van der Waals surface area contributed by atoms with Crippen molar-refractivity contribution in [3.8, 4) is 0 Å². The fourth-order valence-corrected chi connectivity index (χ4v) is 7.37. The number of halogens is 3. The smallest absolute Gasteiger partial charge is 0.292 e. The van der Waals surface area contributed by atoms with Crippen molar-refractivity contribution in [2.75, 3.05) is 13.1 Å². The van der Waals surface area contributed by atoms with E-state index in [9.17, 15) is 21.6 Å². The summed E-state index contributed by atoms with van der Waals surface area (Å²) < 4.78 is 70.3. The van der Waals surface area contributed by atoms with E-state index in [-0.39, 0.29) is 28.4 Å². The second-order valence-corrected chi connectivity index (χ2v) is 12.9. The highest BCUT2D eigenvalue weighted by Crippen LogP contribution is 2.45. The standard InChI is InChI=1S/C27H31F3N6O2S/c1-3-19-12-20(34(15-18-6-7-18)16-27(28,29)30)13-22(19)25-33-32-24-14-31-26-23(36(24)25)10-11-35(26)39(37,38)21-8-4-17(2)5-9-21/h4-5,8-11,14,18-20,22H,3,6-7,12-13,15-16H2,1-2H3/t19-,20+,22+/m1/s1. The number of nitrogens with zero attached hydrogens (tertiary/aromatic N) is 6. The van der Waals surface area contributed by atoms with Crippen molar-refractivity contribution < 1.29 is 21.6 Å². The molecule has 0 amide bonds. The summed E-state index contributed by atoms with van der Waals surface area (Å²) in [6, 6.07) is 8.11. The Morgan fingerprint density at radius 1 is 1.08 bits per heavy atom. The second kappa shape index (κ2) is 9.58. The van der Waals surface area contributed by atoms with Crippen LogP contribution in [0, 0.1) is 18.8 Å². The van der Waals surface area contributed by atoms with Crippen LogP contribution in [-0.2, 0) is 10.0 Å². The maximum Gasteiger partial charge on any atom is 0.401 e. The molecule has 3 heterocycles. The molecule has 6 rings (SSSR count). The van der Waals surface area contributed by atoms with E-state index >= 15 is 0 Å². The van der Waals surface area contributed by atoms with Crippen molar-refractivity contribution in [3.63, 3.8) is 0 Å². The molecule has 0 bridgehead atoms. The normalized spacial score (nSPS) is 22.5. The lowest BCUT2D eigenvalue weighted by Gasteiger charge is -2.30. The summed E-state index contributed by atoms with van der Waals surface area (Å²) in [5.41, 5.74) is 2.23. The molecule has 3 aromatic heterocycles. The molecular weight excluding hydrogens is 529 g/mol. The lowest BCUT2D eigenvalue weighted by atomic mass is 9.93. The average Bonchev–Trinajstić information content (AvgIpc) is 3.28. The van der Waals surface area contributed by atoms with Crippen molar-refractivity contribution >= 4 is 26.8 Å². The first-order valence-corrected chi connectivity index (χ1v) is 14.8. The predicted molar refractivity (Wildman–Crippen MR) is 140 cm³/mol. The Morgan fingerprint density at radius 3 is 2.49 bits per heavy atom. The van der Waals surface area contributed by atoms with E-state index in [1.54, 1.807) is 35.2 Å². The van der Waals surface area contributed by atoms with Crippen LogP contribution in [0.25, 0.3) is 16.8 Å². The van der Waals surface area contributed by atoms with Gasteiger partial charge in [0, 0.05) is 24.7 Å². The van der Waals surface area contributed by atoms with Gasteiger partial charge in [0.1, 0.15) is 5.82 Å². The van der Waals surface area contributed by atoms with Crippen LogP contribution in [-0.4, -0.2) is 62.2 Å². The summed E-state index contributed by atoms with van der Waals surface area (Å²) >= 11 is 0. The van der Waals surface area contributed by atoms with E-state index in [0.29, 0.717) is 42.3 Å². The van der Waals surface area contributed by atoms with E-state index in [0.717, 1.165) is 28.8 Å². The zero-order valence-corrected chi connectivity index (χ0v) is 22.7. The topological polar surface area (TPSA) is 85.4 Å². The zero-order valence-electron chi connectivity index (χ0n) is 21.8. The van der Waals surface area contributed by atoms with Crippen LogP contribution >= 0.6 is 0 Å². The minimum Gasteiger partial charge on any atom is -0.292 e. The Morgan fingerprint density at radius 2 is 1.82 bits per heavy atom. The third-order valence-electron chi connectivity index (χ3n) is 8.25. The molecule has 0 N–H and O–H groups in total. The van der Waals surface area contributed by atoms with Crippen molar-refractivity contribution in [1.29, 1.82) is 0 Å². The summed E-state index contributed by atoms with van der Waals surface area (Å²) in [6.45, 7) is 3.52. The van der Waals surface area contributed by atoms with Crippen molar-refractivity contribution in [2.24, 2.45) is 11.8 Å². The van der Waals surface area contributed by atoms with E-state index in [1.807, 2.05) is 11.3 Å². The van der Waals surface area contributed by atoms with Crippen LogP contribution < -0.4 is 0 Å². The third-order valence-corrected chi connectivity index (χ3v) is 9.93. The van der Waals surface area contributed by atoms with Gasteiger partial charge in [-0.15, -0.1) is 10.2 Å². The van der Waals surface area contributed by atoms with Crippen LogP contribution in [0.1, 0.15) is 56.3 Å². The summed E-state index contributed by atoms with van der Waals surface area (Å²) in [5, 5.41) is 8.79. The highest BCUT2D eigenvalue weighted by molar-refractivity contribution is 7.90. The van der Waals surface area contributed by atoms with Gasteiger partial charge in [-0.25, -0.2) is 17.4 Å². The fraction of sp³-hybridized carbons (Fsp3) is 0.519. The highest BCUT2D eigenvalue weighted by atomic mass is 32.2. The molecule has 2 aliphatic rings. The molecule has 8 nitrogen and oxygen atoms in total. The van der Waals surface area contributed by atoms with E-state index in [2.05, 4.69) is 22.1 Å². The van der Waals surface area contributed by atoms with Crippen LogP contribution in [0.3, 0.4) is 0 Å². The summed E-state index contributed by atoms with van der Waals surface area (Å²) in [7, 11) is -3.89. The van der Waals surface area contributed by atoms with Gasteiger partial charge < -0.3 is 0 Å². The number of aryl methyl sites for hydroxylation is 1. The van der Waals surface area contributed by atoms with Crippen LogP contribution in [0.15, 0.2) is 47.6 Å². The van der Waals surface area contributed by atoms with E-state index in [4.69, 9.17) is 0 Å². The first-order chi connectivity index (χ1) is 18.5. The average molecular weight is 561 g/mol. The summed E-state index contributed by atoms with van der Waals surface area (Å²) in [6.07, 6.45) is 2.72. The lowest BCUT2D eigenvalue weighted by Crippen LogP contribution is -2.42. The molecule has 4 aromatic rings. The molecular formula is C27H31F3N6O2S. The highest BCUT2D eigenvalue weighted by Gasteiger charge is 2.44.